The fourth-order valence-electron chi connectivity index (χ4n) is 1.60. The highest BCUT2D eigenvalue weighted by atomic mass is 16.4. The number of carbonyl (C=O) groups excluding carboxylic acids is 2. The molecule has 0 saturated carbocycles. The van der Waals surface area contributed by atoms with Crippen LogP contribution in [0.2, 0.25) is 0 Å². The van der Waals surface area contributed by atoms with Crippen molar-refractivity contribution in [3.8, 4) is 0 Å². The highest BCUT2D eigenvalue weighted by molar-refractivity contribution is 5.88. The van der Waals surface area contributed by atoms with Gasteiger partial charge in [-0.05, 0) is 19.4 Å². The van der Waals surface area contributed by atoms with Crippen LogP contribution in [-0.2, 0) is 14.4 Å². The number of carboxylic acids is 1. The predicted molar refractivity (Wildman–Crippen MR) is 59.3 cm³/mol. The number of carboxylic acid groups (broad SMARTS) is 1. The average molecular weight is 243 g/mol. The van der Waals surface area contributed by atoms with Gasteiger partial charge in [0.1, 0.15) is 6.54 Å². The van der Waals surface area contributed by atoms with Crippen LogP contribution in [0, 0.1) is 0 Å². The van der Waals surface area contributed by atoms with Crippen molar-refractivity contribution in [3.05, 3.63) is 0 Å². The summed E-state index contributed by atoms with van der Waals surface area (Å²) in [6.45, 7) is 0.184. The van der Waals surface area contributed by atoms with Crippen LogP contribution in [-0.4, -0.2) is 48.6 Å². The quantitative estimate of drug-likeness (QED) is 0.467. The Morgan fingerprint density at radius 2 is 1.94 bits per heavy atom. The molecule has 0 aromatic heterocycles. The van der Waals surface area contributed by atoms with Gasteiger partial charge in [-0.15, -0.1) is 0 Å². The molecule has 1 fully saturated rings. The van der Waals surface area contributed by atoms with Gasteiger partial charge in [-0.3, -0.25) is 14.4 Å². The van der Waals surface area contributed by atoms with Crippen molar-refractivity contribution in [3.63, 3.8) is 0 Å². The zero-order valence-electron chi connectivity index (χ0n) is 9.49. The Labute approximate surface area is 98.9 Å². The third kappa shape index (κ3) is 5.30. The van der Waals surface area contributed by atoms with Gasteiger partial charge in [0.05, 0.1) is 12.6 Å². The van der Waals surface area contributed by atoms with E-state index >= 15 is 0 Å². The average Bonchev–Trinajstić information content (AvgIpc) is 2.34. The van der Waals surface area contributed by atoms with Gasteiger partial charge in [-0.2, -0.15) is 0 Å². The van der Waals surface area contributed by atoms with Gasteiger partial charge in [0.25, 0.3) is 0 Å². The van der Waals surface area contributed by atoms with Crippen LogP contribution in [0.5, 0.6) is 0 Å². The number of piperidine rings is 1. The van der Waals surface area contributed by atoms with Gasteiger partial charge in [0.2, 0.25) is 11.8 Å². The molecule has 4 N–H and O–H groups in total. The molecular weight excluding hydrogens is 226 g/mol. The lowest BCUT2D eigenvalue weighted by molar-refractivity contribution is -0.137. The lowest BCUT2D eigenvalue weighted by atomic mass is 10.0. The summed E-state index contributed by atoms with van der Waals surface area (Å²) in [5.74, 6) is -1.83. The van der Waals surface area contributed by atoms with Crippen molar-refractivity contribution in [2.45, 2.75) is 25.3 Å². The third-order valence-corrected chi connectivity index (χ3v) is 2.49. The number of aliphatic carboxylic acids is 1. The second kappa shape index (κ2) is 6.85. The maximum atomic E-state index is 11.6. The first-order chi connectivity index (χ1) is 8.09. The Morgan fingerprint density at radius 1 is 1.18 bits per heavy atom. The number of nitrogens with one attached hydrogen (secondary N) is 3. The summed E-state index contributed by atoms with van der Waals surface area (Å²) in [7, 11) is 0. The smallest absolute Gasteiger partial charge is 0.322 e. The number of amides is 2. The molecule has 1 aliphatic heterocycles. The minimum Gasteiger partial charge on any atom is -0.480 e. The molecule has 17 heavy (non-hydrogen) atoms. The molecule has 1 saturated heterocycles. The van der Waals surface area contributed by atoms with E-state index in [0.29, 0.717) is 0 Å². The maximum absolute atomic E-state index is 11.6. The normalized spacial score (nSPS) is 19.4. The summed E-state index contributed by atoms with van der Waals surface area (Å²) >= 11 is 0. The molecular formula is C10H17N3O4. The molecule has 0 bridgehead atoms. The van der Waals surface area contributed by atoms with E-state index in [1.165, 1.54) is 0 Å². The molecule has 7 nitrogen and oxygen atoms in total. The summed E-state index contributed by atoms with van der Waals surface area (Å²) in [4.78, 5) is 32.9. The first kappa shape index (κ1) is 13.4. The van der Waals surface area contributed by atoms with E-state index in [1.807, 2.05) is 0 Å². The molecule has 2 amide bonds. The second-order valence-corrected chi connectivity index (χ2v) is 3.89. The van der Waals surface area contributed by atoms with Gasteiger partial charge in [0, 0.05) is 0 Å². The molecule has 0 aromatic rings. The van der Waals surface area contributed by atoms with E-state index in [2.05, 4.69) is 16.0 Å². The zero-order chi connectivity index (χ0) is 12.7. The molecule has 0 aromatic carbocycles. The van der Waals surface area contributed by atoms with Gasteiger partial charge in [-0.1, -0.05) is 6.42 Å². The summed E-state index contributed by atoms with van der Waals surface area (Å²) < 4.78 is 0. The van der Waals surface area contributed by atoms with E-state index < -0.39 is 18.4 Å². The van der Waals surface area contributed by atoms with Crippen LogP contribution < -0.4 is 16.0 Å². The number of hydrogen-bond donors (Lipinski definition) is 4. The number of hydrogen-bond acceptors (Lipinski definition) is 4. The van der Waals surface area contributed by atoms with Crippen molar-refractivity contribution in [2.75, 3.05) is 19.6 Å². The fraction of sp³-hybridized carbons (Fsp3) is 0.700. The minimum absolute atomic E-state index is 0.190. The van der Waals surface area contributed by atoms with Gasteiger partial charge in [0.15, 0.2) is 0 Å². The molecule has 96 valence electrons. The van der Waals surface area contributed by atoms with Crippen LogP contribution in [0.1, 0.15) is 19.3 Å². The van der Waals surface area contributed by atoms with Crippen molar-refractivity contribution >= 4 is 17.8 Å². The monoisotopic (exact) mass is 243 g/mol. The molecule has 1 heterocycles. The Bertz CT molecular complexity index is 300. The summed E-state index contributed by atoms with van der Waals surface area (Å²) in [6, 6.07) is -0.240. The SMILES string of the molecule is O=C(O)CNC(=O)CNC(=O)C1CCCCN1. The van der Waals surface area contributed by atoms with Crippen molar-refractivity contribution in [1.29, 1.82) is 0 Å². The maximum Gasteiger partial charge on any atom is 0.322 e. The third-order valence-electron chi connectivity index (χ3n) is 2.49. The van der Waals surface area contributed by atoms with E-state index in [9.17, 15) is 14.4 Å². The molecule has 0 radical (unpaired) electrons. The Kier molecular flexibility index (Phi) is 5.41. The Morgan fingerprint density at radius 3 is 2.53 bits per heavy atom. The lowest BCUT2D eigenvalue weighted by Crippen LogP contribution is -2.49. The largest absolute Gasteiger partial charge is 0.480 e. The first-order valence-electron chi connectivity index (χ1n) is 5.59. The molecule has 0 aliphatic carbocycles. The van der Waals surface area contributed by atoms with Crippen LogP contribution >= 0.6 is 0 Å². The first-order valence-corrected chi connectivity index (χ1v) is 5.59. The highest BCUT2D eigenvalue weighted by Gasteiger charge is 2.20. The van der Waals surface area contributed by atoms with E-state index in [0.717, 1.165) is 25.8 Å². The van der Waals surface area contributed by atoms with Crippen LogP contribution in [0.3, 0.4) is 0 Å². The molecule has 0 spiro atoms. The van der Waals surface area contributed by atoms with Crippen LogP contribution in [0.4, 0.5) is 0 Å². The highest BCUT2D eigenvalue weighted by Crippen LogP contribution is 2.06. The number of carbonyl (C=O) groups is 3. The number of rotatable bonds is 5. The van der Waals surface area contributed by atoms with Crippen molar-refractivity contribution in [2.24, 2.45) is 0 Å². The Balaban J connectivity index is 2.18. The van der Waals surface area contributed by atoms with Gasteiger partial charge >= 0.3 is 5.97 Å². The standard InChI is InChI=1S/C10H17N3O4/c14-8(12-6-9(15)16)5-13-10(17)7-3-1-2-4-11-7/h7,11H,1-6H2,(H,12,14)(H,13,17)(H,15,16). The van der Waals surface area contributed by atoms with E-state index in [-0.39, 0.29) is 18.5 Å². The summed E-state index contributed by atoms with van der Waals surface area (Å²) in [5, 5.41) is 16.0. The van der Waals surface area contributed by atoms with Gasteiger partial charge < -0.3 is 21.1 Å². The fourth-order valence-corrected chi connectivity index (χ4v) is 1.60. The van der Waals surface area contributed by atoms with Crippen molar-refractivity contribution in [1.82, 2.24) is 16.0 Å². The molecule has 1 rings (SSSR count). The molecule has 1 atom stereocenters. The van der Waals surface area contributed by atoms with Gasteiger partial charge in [-0.25, -0.2) is 0 Å². The predicted octanol–water partition coefficient (Wildman–Crippen LogP) is -1.55. The Hall–Kier alpha value is -1.63. The summed E-state index contributed by atoms with van der Waals surface area (Å²) in [6.07, 6.45) is 2.82. The molecule has 1 unspecified atom stereocenters. The summed E-state index contributed by atoms with van der Waals surface area (Å²) in [5.41, 5.74) is 0. The van der Waals surface area contributed by atoms with Crippen LogP contribution in [0.25, 0.3) is 0 Å². The molecule has 1 aliphatic rings. The van der Waals surface area contributed by atoms with Crippen LogP contribution in [0.15, 0.2) is 0 Å². The topological polar surface area (TPSA) is 108 Å². The van der Waals surface area contributed by atoms with Crippen molar-refractivity contribution < 1.29 is 19.5 Å². The molecule has 7 heteroatoms. The lowest BCUT2D eigenvalue weighted by Gasteiger charge is -2.22. The van der Waals surface area contributed by atoms with E-state index in [1.54, 1.807) is 0 Å². The zero-order valence-corrected chi connectivity index (χ0v) is 9.49. The minimum atomic E-state index is -1.11. The second-order valence-electron chi connectivity index (χ2n) is 3.89. The van der Waals surface area contributed by atoms with E-state index in [4.69, 9.17) is 5.11 Å².